The van der Waals surface area contributed by atoms with Crippen molar-refractivity contribution in [1.29, 1.82) is 0 Å². The van der Waals surface area contributed by atoms with E-state index in [4.69, 9.17) is 22.1 Å². The monoisotopic (exact) mass is 225 g/mol. The third-order valence-electron chi connectivity index (χ3n) is 3.44. The summed E-state index contributed by atoms with van der Waals surface area (Å²) in [6.45, 7) is 4.37. The van der Waals surface area contributed by atoms with Gasteiger partial charge in [0.25, 0.3) is 0 Å². The molecule has 1 fully saturated rings. The zero-order chi connectivity index (χ0) is 11.2. The summed E-state index contributed by atoms with van der Waals surface area (Å²) in [4.78, 5) is 0. The second-order valence-electron chi connectivity index (χ2n) is 4.72. The SMILES string of the molecule is COc1cc([C@@H]2[C@@H](N)C2(C)C)ccc1Cl. The number of ether oxygens (including phenoxy) is 1. The van der Waals surface area contributed by atoms with Crippen LogP contribution in [-0.4, -0.2) is 13.2 Å². The van der Waals surface area contributed by atoms with Crippen molar-refractivity contribution in [3.05, 3.63) is 28.8 Å². The van der Waals surface area contributed by atoms with Gasteiger partial charge >= 0.3 is 0 Å². The number of benzene rings is 1. The normalized spacial score (nSPS) is 27.5. The molecule has 0 unspecified atom stereocenters. The van der Waals surface area contributed by atoms with Crippen molar-refractivity contribution in [1.82, 2.24) is 0 Å². The Morgan fingerprint density at radius 2 is 2.00 bits per heavy atom. The van der Waals surface area contributed by atoms with E-state index in [0.29, 0.717) is 10.9 Å². The van der Waals surface area contributed by atoms with Gasteiger partial charge in [0.15, 0.2) is 0 Å². The summed E-state index contributed by atoms with van der Waals surface area (Å²) in [5, 5.41) is 0.647. The van der Waals surface area contributed by atoms with Gasteiger partial charge in [0, 0.05) is 12.0 Å². The second-order valence-corrected chi connectivity index (χ2v) is 5.13. The summed E-state index contributed by atoms with van der Waals surface area (Å²) in [7, 11) is 1.63. The minimum Gasteiger partial charge on any atom is -0.495 e. The maximum atomic E-state index is 6.03. The first-order valence-electron chi connectivity index (χ1n) is 5.07. The molecule has 1 aliphatic rings. The first-order valence-corrected chi connectivity index (χ1v) is 5.45. The average Bonchev–Trinajstić information content (AvgIpc) is 2.68. The average molecular weight is 226 g/mol. The highest BCUT2D eigenvalue weighted by molar-refractivity contribution is 6.32. The van der Waals surface area contributed by atoms with E-state index in [1.54, 1.807) is 7.11 Å². The van der Waals surface area contributed by atoms with Gasteiger partial charge in [-0.15, -0.1) is 0 Å². The molecule has 0 spiro atoms. The number of methoxy groups -OCH3 is 1. The van der Waals surface area contributed by atoms with Crippen LogP contribution in [0.2, 0.25) is 5.02 Å². The molecule has 1 aliphatic carbocycles. The molecule has 2 rings (SSSR count). The van der Waals surface area contributed by atoms with E-state index < -0.39 is 0 Å². The topological polar surface area (TPSA) is 35.2 Å². The van der Waals surface area contributed by atoms with Crippen LogP contribution in [0.25, 0.3) is 0 Å². The molecule has 2 nitrogen and oxygen atoms in total. The molecule has 2 N–H and O–H groups in total. The van der Waals surface area contributed by atoms with Crippen LogP contribution in [0.15, 0.2) is 18.2 Å². The van der Waals surface area contributed by atoms with Gasteiger partial charge in [-0.25, -0.2) is 0 Å². The maximum Gasteiger partial charge on any atom is 0.137 e. The van der Waals surface area contributed by atoms with E-state index in [-0.39, 0.29) is 11.5 Å². The van der Waals surface area contributed by atoms with Gasteiger partial charge in [-0.05, 0) is 23.1 Å². The van der Waals surface area contributed by atoms with Gasteiger partial charge in [-0.1, -0.05) is 31.5 Å². The summed E-state index contributed by atoms with van der Waals surface area (Å²) >= 11 is 5.97. The first-order chi connectivity index (χ1) is 6.98. The van der Waals surface area contributed by atoms with E-state index >= 15 is 0 Å². The molecule has 0 heterocycles. The lowest BCUT2D eigenvalue weighted by Gasteiger charge is -2.07. The lowest BCUT2D eigenvalue weighted by molar-refractivity contribution is 0.414. The Labute approximate surface area is 95.4 Å². The fourth-order valence-corrected chi connectivity index (χ4v) is 2.38. The highest BCUT2D eigenvalue weighted by Gasteiger charge is 2.56. The summed E-state index contributed by atoms with van der Waals surface area (Å²) in [6.07, 6.45) is 0. The summed E-state index contributed by atoms with van der Waals surface area (Å²) in [6, 6.07) is 6.13. The van der Waals surface area contributed by atoms with Crippen molar-refractivity contribution in [2.75, 3.05) is 7.11 Å². The number of hydrogen-bond acceptors (Lipinski definition) is 2. The van der Waals surface area contributed by atoms with Crippen LogP contribution in [0.1, 0.15) is 25.3 Å². The van der Waals surface area contributed by atoms with Crippen LogP contribution in [0.5, 0.6) is 5.75 Å². The molecule has 0 bridgehead atoms. The van der Waals surface area contributed by atoms with Crippen LogP contribution < -0.4 is 10.5 Å². The third-order valence-corrected chi connectivity index (χ3v) is 3.76. The van der Waals surface area contributed by atoms with Crippen LogP contribution in [-0.2, 0) is 0 Å². The molecule has 1 aromatic carbocycles. The largest absolute Gasteiger partial charge is 0.495 e. The molecule has 0 aliphatic heterocycles. The van der Waals surface area contributed by atoms with Crippen LogP contribution in [0.3, 0.4) is 0 Å². The van der Waals surface area contributed by atoms with Gasteiger partial charge in [0.1, 0.15) is 5.75 Å². The quantitative estimate of drug-likeness (QED) is 0.840. The predicted molar refractivity (Wildman–Crippen MR) is 62.5 cm³/mol. The van der Waals surface area contributed by atoms with E-state index in [9.17, 15) is 0 Å². The lowest BCUT2D eigenvalue weighted by Crippen LogP contribution is -2.06. The van der Waals surface area contributed by atoms with Crippen LogP contribution >= 0.6 is 11.6 Å². The molecule has 0 amide bonds. The highest BCUT2D eigenvalue weighted by Crippen LogP contribution is 2.57. The molecule has 1 aromatic rings. The highest BCUT2D eigenvalue weighted by atomic mass is 35.5. The van der Waals surface area contributed by atoms with Crippen molar-refractivity contribution in [2.24, 2.45) is 11.1 Å². The Morgan fingerprint density at radius 3 is 2.47 bits per heavy atom. The number of halogens is 1. The molecule has 2 atom stereocenters. The van der Waals surface area contributed by atoms with E-state index in [1.807, 2.05) is 18.2 Å². The number of hydrogen-bond donors (Lipinski definition) is 1. The summed E-state index contributed by atoms with van der Waals surface area (Å²) in [5.41, 5.74) is 7.44. The Kier molecular flexibility index (Phi) is 2.44. The molecule has 1 saturated carbocycles. The molecular weight excluding hydrogens is 210 g/mol. The molecule has 3 heteroatoms. The molecule has 0 saturated heterocycles. The minimum absolute atomic E-state index is 0.193. The Balaban J connectivity index is 2.32. The van der Waals surface area contributed by atoms with Crippen LogP contribution in [0.4, 0.5) is 0 Å². The zero-order valence-corrected chi connectivity index (χ0v) is 10.0. The number of rotatable bonds is 2. The zero-order valence-electron chi connectivity index (χ0n) is 9.25. The minimum atomic E-state index is 0.193. The standard InChI is InChI=1S/C12H16ClNO/c1-12(2)10(11(12)14)7-4-5-8(13)9(6-7)15-3/h4-6,10-11H,14H2,1-3H3/t10-,11-/m1/s1. The van der Waals surface area contributed by atoms with Gasteiger partial charge in [-0.2, -0.15) is 0 Å². The van der Waals surface area contributed by atoms with Crippen molar-refractivity contribution >= 4 is 11.6 Å². The maximum absolute atomic E-state index is 6.03. The van der Waals surface area contributed by atoms with E-state index in [1.165, 1.54) is 5.56 Å². The third kappa shape index (κ3) is 1.62. The van der Waals surface area contributed by atoms with Gasteiger partial charge < -0.3 is 10.5 Å². The summed E-state index contributed by atoms with van der Waals surface area (Å²) in [5.74, 6) is 1.15. The molecular formula is C12H16ClNO. The fraction of sp³-hybridized carbons (Fsp3) is 0.500. The van der Waals surface area contributed by atoms with Crippen molar-refractivity contribution in [2.45, 2.75) is 25.8 Å². The van der Waals surface area contributed by atoms with Crippen molar-refractivity contribution < 1.29 is 4.74 Å². The van der Waals surface area contributed by atoms with Gasteiger partial charge in [0.05, 0.1) is 12.1 Å². The fourth-order valence-electron chi connectivity index (χ4n) is 2.18. The molecule has 82 valence electrons. The summed E-state index contributed by atoms with van der Waals surface area (Å²) < 4.78 is 5.19. The first kappa shape index (κ1) is 10.8. The number of nitrogens with two attached hydrogens (primary N) is 1. The van der Waals surface area contributed by atoms with E-state index in [2.05, 4.69) is 13.8 Å². The molecule has 0 radical (unpaired) electrons. The lowest BCUT2D eigenvalue weighted by atomic mass is 10.0. The van der Waals surface area contributed by atoms with Crippen molar-refractivity contribution in [3.63, 3.8) is 0 Å². The smallest absolute Gasteiger partial charge is 0.137 e. The Hall–Kier alpha value is -0.730. The molecule has 15 heavy (non-hydrogen) atoms. The predicted octanol–water partition coefficient (Wildman–Crippen LogP) is 2.80. The van der Waals surface area contributed by atoms with E-state index in [0.717, 1.165) is 5.75 Å². The van der Waals surface area contributed by atoms with Crippen LogP contribution in [0, 0.1) is 5.41 Å². The Morgan fingerprint density at radius 1 is 1.40 bits per heavy atom. The van der Waals surface area contributed by atoms with Gasteiger partial charge in [-0.3, -0.25) is 0 Å². The molecule has 0 aromatic heterocycles. The van der Waals surface area contributed by atoms with Gasteiger partial charge in [0.2, 0.25) is 0 Å². The van der Waals surface area contributed by atoms with Crippen molar-refractivity contribution in [3.8, 4) is 5.75 Å². The second kappa shape index (κ2) is 3.39. The Bertz CT molecular complexity index is 389.